The van der Waals surface area contributed by atoms with E-state index in [9.17, 15) is 4.79 Å². The monoisotopic (exact) mass is 268 g/mol. The molecule has 0 atom stereocenters. The number of benzene rings is 2. The molecule has 20 heavy (non-hydrogen) atoms. The first kappa shape index (κ1) is 13.9. The molecule has 0 N–H and O–H groups in total. The van der Waals surface area contributed by atoms with Crippen molar-refractivity contribution in [3.05, 3.63) is 71.8 Å². The Morgan fingerprint density at radius 3 is 2.25 bits per heavy atom. The van der Waals surface area contributed by atoms with Crippen molar-refractivity contribution in [3.8, 4) is 5.75 Å². The summed E-state index contributed by atoms with van der Waals surface area (Å²) in [6.45, 7) is 0. The Labute approximate surface area is 118 Å². The van der Waals surface area contributed by atoms with Gasteiger partial charge in [-0.2, -0.15) is 0 Å². The van der Waals surface area contributed by atoms with Gasteiger partial charge in [-0.05, 0) is 12.1 Å². The summed E-state index contributed by atoms with van der Waals surface area (Å²) >= 11 is 0. The lowest BCUT2D eigenvalue weighted by molar-refractivity contribution is 0.104. The van der Waals surface area contributed by atoms with Crippen molar-refractivity contribution in [1.82, 2.24) is 0 Å². The molecule has 0 radical (unpaired) electrons. The molecule has 0 unspecified atom stereocenters. The van der Waals surface area contributed by atoms with E-state index < -0.39 is 0 Å². The molecule has 0 amide bonds. The lowest BCUT2D eigenvalue weighted by Gasteiger charge is -2.08. The van der Waals surface area contributed by atoms with Crippen LogP contribution in [-0.2, 0) is 4.74 Å². The highest BCUT2D eigenvalue weighted by molar-refractivity contribution is 6.09. The summed E-state index contributed by atoms with van der Waals surface area (Å²) in [5, 5.41) is 0. The minimum absolute atomic E-state index is 0.150. The maximum Gasteiger partial charge on any atom is 0.193 e. The summed E-state index contributed by atoms with van der Waals surface area (Å²) in [7, 11) is 3.10. The zero-order chi connectivity index (χ0) is 14.4. The SMILES string of the molecule is CO/C(=C\C(=O)c1ccccc1OC)c1ccccc1. The molecule has 0 aliphatic heterocycles. The van der Waals surface area contributed by atoms with Crippen molar-refractivity contribution < 1.29 is 14.3 Å². The first-order valence-corrected chi connectivity index (χ1v) is 6.24. The average molecular weight is 268 g/mol. The van der Waals surface area contributed by atoms with Crippen LogP contribution < -0.4 is 4.74 Å². The van der Waals surface area contributed by atoms with Crippen molar-refractivity contribution in [1.29, 1.82) is 0 Å². The van der Waals surface area contributed by atoms with Gasteiger partial charge in [0.2, 0.25) is 0 Å². The topological polar surface area (TPSA) is 35.5 Å². The van der Waals surface area contributed by atoms with Crippen LogP contribution in [-0.4, -0.2) is 20.0 Å². The van der Waals surface area contributed by atoms with Crippen LogP contribution in [0.5, 0.6) is 5.75 Å². The van der Waals surface area contributed by atoms with Crippen LogP contribution in [0.2, 0.25) is 0 Å². The molecular formula is C17H16O3. The van der Waals surface area contributed by atoms with E-state index in [4.69, 9.17) is 9.47 Å². The van der Waals surface area contributed by atoms with Gasteiger partial charge in [0.15, 0.2) is 5.78 Å². The molecule has 0 saturated carbocycles. The lowest BCUT2D eigenvalue weighted by Crippen LogP contribution is -2.00. The van der Waals surface area contributed by atoms with Crippen LogP contribution >= 0.6 is 0 Å². The fraction of sp³-hybridized carbons (Fsp3) is 0.118. The molecule has 0 bridgehead atoms. The summed E-state index contributed by atoms with van der Waals surface area (Å²) < 4.78 is 10.5. The number of hydrogen-bond donors (Lipinski definition) is 0. The predicted molar refractivity (Wildman–Crippen MR) is 78.8 cm³/mol. The number of carbonyl (C=O) groups is 1. The largest absolute Gasteiger partial charge is 0.496 e. The summed E-state index contributed by atoms with van der Waals surface area (Å²) in [6, 6.07) is 16.6. The summed E-state index contributed by atoms with van der Waals surface area (Å²) in [4.78, 5) is 12.3. The molecule has 0 spiro atoms. The number of ether oxygens (including phenoxy) is 2. The second-order valence-corrected chi connectivity index (χ2v) is 4.14. The van der Waals surface area contributed by atoms with Crippen molar-refractivity contribution >= 4 is 11.5 Å². The Morgan fingerprint density at radius 1 is 0.950 bits per heavy atom. The van der Waals surface area contributed by atoms with Gasteiger partial charge in [-0.1, -0.05) is 42.5 Å². The number of hydrogen-bond acceptors (Lipinski definition) is 3. The Kier molecular flexibility index (Phi) is 4.56. The molecular weight excluding hydrogens is 252 g/mol. The zero-order valence-electron chi connectivity index (χ0n) is 11.5. The molecule has 3 nitrogen and oxygen atoms in total. The second kappa shape index (κ2) is 6.57. The second-order valence-electron chi connectivity index (χ2n) is 4.14. The number of rotatable bonds is 5. The molecule has 2 rings (SSSR count). The average Bonchev–Trinajstić information content (AvgIpc) is 2.53. The quantitative estimate of drug-likeness (QED) is 0.472. The van der Waals surface area contributed by atoms with Gasteiger partial charge in [0.05, 0.1) is 19.8 Å². The van der Waals surface area contributed by atoms with Crippen LogP contribution in [0.4, 0.5) is 0 Å². The van der Waals surface area contributed by atoms with Gasteiger partial charge in [0.1, 0.15) is 11.5 Å². The van der Waals surface area contributed by atoms with E-state index >= 15 is 0 Å². The fourth-order valence-electron chi connectivity index (χ4n) is 1.91. The summed E-state index contributed by atoms with van der Waals surface area (Å²) in [6.07, 6.45) is 1.48. The van der Waals surface area contributed by atoms with Gasteiger partial charge in [0, 0.05) is 11.6 Å². The third-order valence-corrected chi connectivity index (χ3v) is 2.91. The van der Waals surface area contributed by atoms with E-state index in [1.165, 1.54) is 6.08 Å². The van der Waals surface area contributed by atoms with Crippen molar-refractivity contribution in [2.75, 3.05) is 14.2 Å². The number of para-hydroxylation sites is 1. The molecule has 0 aliphatic carbocycles. The van der Waals surface area contributed by atoms with E-state index in [1.54, 1.807) is 32.4 Å². The van der Waals surface area contributed by atoms with Crippen molar-refractivity contribution in [2.45, 2.75) is 0 Å². The number of carbonyl (C=O) groups excluding carboxylic acids is 1. The maximum absolute atomic E-state index is 12.3. The van der Waals surface area contributed by atoms with Gasteiger partial charge >= 0.3 is 0 Å². The number of ketones is 1. The first-order chi connectivity index (χ1) is 9.76. The molecule has 2 aromatic carbocycles. The Bertz CT molecular complexity index is 615. The van der Waals surface area contributed by atoms with E-state index in [-0.39, 0.29) is 5.78 Å². The van der Waals surface area contributed by atoms with Gasteiger partial charge in [0.25, 0.3) is 0 Å². The van der Waals surface area contributed by atoms with Crippen molar-refractivity contribution in [2.24, 2.45) is 0 Å². The van der Waals surface area contributed by atoms with Crippen LogP contribution in [0.15, 0.2) is 60.7 Å². The summed E-state index contributed by atoms with van der Waals surface area (Å²) in [5.74, 6) is 0.932. The van der Waals surface area contributed by atoms with E-state index in [0.717, 1.165) is 5.56 Å². The lowest BCUT2D eigenvalue weighted by atomic mass is 10.1. The third kappa shape index (κ3) is 3.06. The maximum atomic E-state index is 12.3. The van der Waals surface area contributed by atoms with E-state index in [1.807, 2.05) is 36.4 Å². The highest BCUT2D eigenvalue weighted by Crippen LogP contribution is 2.21. The Morgan fingerprint density at radius 2 is 1.60 bits per heavy atom. The predicted octanol–water partition coefficient (Wildman–Crippen LogP) is 3.57. The van der Waals surface area contributed by atoms with E-state index in [0.29, 0.717) is 17.1 Å². The van der Waals surface area contributed by atoms with Crippen LogP contribution in [0.25, 0.3) is 5.76 Å². The molecule has 0 aliphatic rings. The minimum atomic E-state index is -0.150. The molecule has 102 valence electrons. The molecule has 0 aromatic heterocycles. The van der Waals surface area contributed by atoms with Crippen LogP contribution in [0.1, 0.15) is 15.9 Å². The highest BCUT2D eigenvalue weighted by atomic mass is 16.5. The fourth-order valence-corrected chi connectivity index (χ4v) is 1.91. The minimum Gasteiger partial charge on any atom is -0.496 e. The molecule has 0 fully saturated rings. The van der Waals surface area contributed by atoms with Crippen molar-refractivity contribution in [3.63, 3.8) is 0 Å². The number of allylic oxidation sites excluding steroid dienone is 1. The Hall–Kier alpha value is -2.55. The van der Waals surface area contributed by atoms with Gasteiger partial charge in [-0.15, -0.1) is 0 Å². The molecule has 3 heteroatoms. The summed E-state index contributed by atoms with van der Waals surface area (Å²) in [5.41, 5.74) is 1.37. The first-order valence-electron chi connectivity index (χ1n) is 6.24. The normalized spacial score (nSPS) is 11.0. The highest BCUT2D eigenvalue weighted by Gasteiger charge is 2.11. The van der Waals surface area contributed by atoms with Gasteiger partial charge in [-0.25, -0.2) is 0 Å². The standard InChI is InChI=1S/C17H16O3/c1-19-16-11-7-6-10-14(16)15(18)12-17(20-2)13-8-4-3-5-9-13/h3-12H,1-2H3/b17-12-. The van der Waals surface area contributed by atoms with Crippen LogP contribution in [0, 0.1) is 0 Å². The molecule has 2 aromatic rings. The Balaban J connectivity index is 2.35. The van der Waals surface area contributed by atoms with Gasteiger partial charge in [-0.3, -0.25) is 4.79 Å². The van der Waals surface area contributed by atoms with Gasteiger partial charge < -0.3 is 9.47 Å². The van der Waals surface area contributed by atoms with E-state index in [2.05, 4.69) is 0 Å². The number of methoxy groups -OCH3 is 2. The third-order valence-electron chi connectivity index (χ3n) is 2.91. The van der Waals surface area contributed by atoms with Crippen LogP contribution in [0.3, 0.4) is 0 Å². The molecule has 0 heterocycles. The zero-order valence-corrected chi connectivity index (χ0v) is 11.5. The smallest absolute Gasteiger partial charge is 0.193 e. The molecule has 0 saturated heterocycles.